The van der Waals surface area contributed by atoms with Crippen LogP contribution in [-0.2, 0) is 10.9 Å². The van der Waals surface area contributed by atoms with Crippen LogP contribution in [0.25, 0.3) is 0 Å². The molecule has 0 saturated carbocycles. The molecule has 1 unspecified atom stereocenters. The van der Waals surface area contributed by atoms with E-state index in [1.165, 1.54) is 0 Å². The van der Waals surface area contributed by atoms with E-state index in [-0.39, 0.29) is 0 Å². The Kier molecular flexibility index (Phi) is 5.31. The van der Waals surface area contributed by atoms with E-state index < -0.39 is 26.0 Å². The Bertz CT molecular complexity index is 975. The fourth-order valence-corrected chi connectivity index (χ4v) is 6.21. The van der Waals surface area contributed by atoms with E-state index in [0.29, 0.717) is 17.0 Å². The average Bonchev–Trinajstić information content (AvgIpc) is 2.58. The van der Waals surface area contributed by atoms with Crippen LogP contribution in [0.4, 0.5) is 19.4 Å². The lowest BCUT2D eigenvalue weighted by Crippen LogP contribution is -2.08. The molecule has 0 N–H and O–H groups in total. The lowest BCUT2D eigenvalue weighted by atomic mass is 10.4. The predicted molar refractivity (Wildman–Crippen MR) is 118 cm³/mol. The first-order valence-corrected chi connectivity index (χ1v) is 12.8. The van der Waals surface area contributed by atoms with Crippen LogP contribution >= 0.6 is 55.4 Å². The molecule has 9 heteroatoms. The molecule has 0 radical (unpaired) electrons. The van der Waals surface area contributed by atoms with Crippen molar-refractivity contribution in [1.82, 2.24) is 0 Å². The van der Waals surface area contributed by atoms with Gasteiger partial charge in [0.15, 0.2) is 14.7 Å². The molecule has 0 amide bonds. The zero-order valence-corrected chi connectivity index (χ0v) is 19.3. The summed E-state index contributed by atoms with van der Waals surface area (Å²) in [4.78, 5) is 0.483. The Morgan fingerprint density at radius 3 is 1.63 bits per heavy atom. The molecule has 3 aromatic rings. The maximum Gasteiger partial charge on any atom is 0.310 e. The van der Waals surface area contributed by atoms with Crippen LogP contribution in [0.15, 0.2) is 92.4 Å². The van der Waals surface area contributed by atoms with Crippen molar-refractivity contribution in [1.29, 1.82) is 0 Å². The predicted octanol–water partition coefficient (Wildman–Crippen LogP) is 8.65. The van der Waals surface area contributed by atoms with Crippen molar-refractivity contribution in [3.05, 3.63) is 79.9 Å². The fourth-order valence-electron chi connectivity index (χ4n) is 2.40. The zero-order valence-electron chi connectivity index (χ0n) is 13.4. The highest BCUT2D eigenvalue weighted by Gasteiger charge is 2.65. The van der Waals surface area contributed by atoms with Crippen molar-refractivity contribution in [3.8, 4) is 0 Å². The van der Waals surface area contributed by atoms with Gasteiger partial charge >= 0.3 is 10.2 Å². The van der Waals surface area contributed by atoms with Gasteiger partial charge in [0.25, 0.3) is 0 Å². The van der Waals surface area contributed by atoms with Gasteiger partial charge in [0.1, 0.15) is 4.90 Å². The van der Waals surface area contributed by atoms with Gasteiger partial charge in [-0.15, -0.1) is 0 Å². The van der Waals surface area contributed by atoms with E-state index in [1.54, 1.807) is 0 Å². The monoisotopic (exact) mass is 641 g/mol. The van der Waals surface area contributed by atoms with Crippen molar-refractivity contribution < 1.29 is 19.4 Å². The van der Waals surface area contributed by atoms with E-state index in [9.17, 15) is 19.4 Å². The van der Waals surface area contributed by atoms with E-state index >= 15 is 0 Å². The number of halogens is 7. The molecule has 0 aliphatic carbocycles. The Labute approximate surface area is 183 Å². The fraction of sp³-hybridized carbons (Fsp3) is 0. The maximum absolute atomic E-state index is 13.0. The highest BCUT2D eigenvalue weighted by atomic mass is 127. The van der Waals surface area contributed by atoms with Crippen LogP contribution in [-0.4, -0.2) is 0 Å². The van der Waals surface area contributed by atoms with E-state index in [0.717, 1.165) is 29.1 Å². The third-order valence-corrected chi connectivity index (χ3v) is 9.85. The lowest BCUT2D eigenvalue weighted by molar-refractivity contribution is 0.364. The average molecular weight is 641 g/mol. The van der Waals surface area contributed by atoms with Crippen molar-refractivity contribution >= 4 is 66.3 Å². The quantitative estimate of drug-likeness (QED) is 0.152. The van der Waals surface area contributed by atoms with Gasteiger partial charge in [0.2, 0.25) is 0 Å². The van der Waals surface area contributed by atoms with Gasteiger partial charge < -0.3 is 0 Å². The van der Waals surface area contributed by atoms with E-state index in [4.69, 9.17) is 0 Å². The first-order chi connectivity index (χ1) is 12.3. The Morgan fingerprint density at radius 2 is 1.11 bits per heavy atom. The van der Waals surface area contributed by atoms with Crippen LogP contribution < -0.4 is 0 Å². The second-order valence-corrected chi connectivity index (χ2v) is 12.4. The number of hydrogen-bond acceptors (Lipinski definition) is 0. The van der Waals surface area contributed by atoms with E-state index in [2.05, 4.69) is 45.2 Å². The van der Waals surface area contributed by atoms with Crippen molar-refractivity contribution in [2.24, 2.45) is 0 Å². The van der Waals surface area contributed by atoms with Gasteiger partial charge in [-0.1, -0.05) is 37.6 Å². The molecule has 0 nitrogen and oxygen atoms in total. The molecule has 0 aromatic heterocycles. The smallest absolute Gasteiger partial charge is 0.0936 e. The molecule has 0 heterocycles. The molecule has 3 aromatic carbocycles. The van der Waals surface area contributed by atoms with Crippen LogP contribution in [0.3, 0.4) is 0 Å². The molecule has 0 bridgehead atoms. The standard InChI is InChI=1S/C18H12F5I2S2/c19-27(20,21,22,23)16-9-6-14(7-10-16)26(13-4-2-1-3-5-13)15-8-11-17(24)18(25)12-15/h1-12H/q+1. The van der Waals surface area contributed by atoms with Gasteiger partial charge in [0, 0.05) is 13.2 Å². The first-order valence-electron chi connectivity index (χ1n) is 7.44. The van der Waals surface area contributed by atoms with Crippen molar-refractivity contribution in [3.63, 3.8) is 0 Å². The van der Waals surface area contributed by atoms with Gasteiger partial charge in [-0.05, 0) is 93.7 Å². The summed E-state index contributed by atoms with van der Waals surface area (Å²) in [7, 11) is -10.4. The molecular weight excluding hydrogens is 629 g/mol. The first kappa shape index (κ1) is 21.2. The summed E-state index contributed by atoms with van der Waals surface area (Å²) < 4.78 is 67.2. The molecular formula is C18H12F5I2S2+. The normalized spacial score (nSPS) is 15.7. The second kappa shape index (κ2) is 6.77. The summed E-state index contributed by atoms with van der Waals surface area (Å²) in [5.74, 6) is 0. The highest BCUT2D eigenvalue weighted by molar-refractivity contribution is 14.1. The maximum atomic E-state index is 13.0. The third kappa shape index (κ3) is 5.10. The second-order valence-electron chi connectivity index (χ2n) is 5.64. The van der Waals surface area contributed by atoms with Crippen molar-refractivity contribution in [2.75, 3.05) is 0 Å². The molecule has 27 heavy (non-hydrogen) atoms. The summed E-state index contributed by atoms with van der Waals surface area (Å²) in [6, 6.07) is 18.4. The Balaban J connectivity index is 2.13. The molecule has 0 fully saturated rings. The molecule has 3 rings (SSSR count). The van der Waals surface area contributed by atoms with Gasteiger partial charge in [0.05, 0.1) is 10.9 Å². The largest absolute Gasteiger partial charge is 0.310 e. The highest BCUT2D eigenvalue weighted by Crippen LogP contribution is 3.02. The van der Waals surface area contributed by atoms with E-state index in [1.807, 2.05) is 48.5 Å². The molecule has 0 saturated heterocycles. The summed E-state index contributed by atoms with van der Waals surface area (Å²) >= 11 is 4.40. The summed E-state index contributed by atoms with van der Waals surface area (Å²) in [5.41, 5.74) is 0. The zero-order chi connectivity index (χ0) is 19.9. The topological polar surface area (TPSA) is 0 Å². The van der Waals surface area contributed by atoms with Gasteiger partial charge in [-0.2, -0.15) is 0 Å². The minimum atomic E-state index is -9.68. The minimum absolute atomic E-state index is 0.484. The van der Waals surface area contributed by atoms with Gasteiger partial charge in [-0.25, -0.2) is 0 Å². The summed E-state index contributed by atoms with van der Waals surface area (Å²) in [6.07, 6.45) is 0. The van der Waals surface area contributed by atoms with Crippen molar-refractivity contribution in [2.45, 2.75) is 19.6 Å². The Morgan fingerprint density at radius 1 is 0.593 bits per heavy atom. The summed E-state index contributed by atoms with van der Waals surface area (Å²) in [5, 5.41) is 0. The molecule has 144 valence electrons. The lowest BCUT2D eigenvalue weighted by Gasteiger charge is -2.40. The van der Waals surface area contributed by atoms with Crippen LogP contribution in [0.2, 0.25) is 0 Å². The van der Waals surface area contributed by atoms with Crippen LogP contribution in [0.5, 0.6) is 0 Å². The Hall–Kier alpha value is -0.530. The molecule has 0 spiro atoms. The minimum Gasteiger partial charge on any atom is -0.0936 e. The number of hydrogen-bond donors (Lipinski definition) is 0. The van der Waals surface area contributed by atoms with Crippen LogP contribution in [0, 0.1) is 7.14 Å². The van der Waals surface area contributed by atoms with Gasteiger partial charge in [-0.3, -0.25) is 0 Å². The summed E-state index contributed by atoms with van der Waals surface area (Å²) in [6.45, 7) is 0. The number of benzene rings is 3. The SMILES string of the molecule is FS(F)(F)(F)(F)c1ccc([S+](c2ccccc2)c2ccc(I)c(I)c2)cc1. The number of rotatable bonds is 4. The molecule has 0 aliphatic rings. The molecule has 0 aliphatic heterocycles. The third-order valence-electron chi connectivity index (χ3n) is 3.61. The van der Waals surface area contributed by atoms with Crippen LogP contribution in [0.1, 0.15) is 0 Å². The molecule has 1 atom stereocenters.